The molecule has 2 amide bonds. The Bertz CT molecular complexity index is 844. The second-order valence-electron chi connectivity index (χ2n) is 8.20. The van der Waals surface area contributed by atoms with E-state index < -0.39 is 6.04 Å². The number of nitrogens with zero attached hydrogens (tertiary/aromatic N) is 2. The summed E-state index contributed by atoms with van der Waals surface area (Å²) >= 11 is 0. The molecule has 0 N–H and O–H groups in total. The van der Waals surface area contributed by atoms with E-state index in [1.54, 1.807) is 9.80 Å². The zero-order chi connectivity index (χ0) is 20.9. The molecule has 0 bridgehead atoms. The van der Waals surface area contributed by atoms with E-state index in [0.717, 1.165) is 36.7 Å². The number of carbonyl (C=O) groups is 3. The van der Waals surface area contributed by atoms with E-state index in [-0.39, 0.29) is 23.8 Å². The van der Waals surface area contributed by atoms with E-state index in [2.05, 4.69) is 24.3 Å². The first-order valence-electron chi connectivity index (χ1n) is 10.8. The normalized spacial score (nSPS) is 21.2. The van der Waals surface area contributed by atoms with Crippen LogP contribution in [0.4, 0.5) is 0 Å². The highest BCUT2D eigenvalue weighted by molar-refractivity contribution is 5.90. The van der Waals surface area contributed by atoms with E-state index in [0.29, 0.717) is 25.9 Å². The van der Waals surface area contributed by atoms with Crippen molar-refractivity contribution < 1.29 is 14.4 Å². The van der Waals surface area contributed by atoms with Crippen molar-refractivity contribution >= 4 is 18.1 Å². The number of rotatable bonds is 6. The quantitative estimate of drug-likeness (QED) is 0.694. The number of carbonyl (C=O) groups excluding carboxylic acids is 3. The minimum Gasteiger partial charge on any atom is -0.331 e. The summed E-state index contributed by atoms with van der Waals surface area (Å²) in [7, 11) is 0. The second-order valence-corrected chi connectivity index (χ2v) is 8.20. The number of likely N-dealkylation sites (tertiary alicyclic amines) is 2. The standard InChI is InChI=1S/C25H28N2O3/c28-18-21-13-7-15-26(21)25(30)23-14-8-16-27(23)24(29)17-22(19-9-3-1-4-10-19)20-11-5-2-6-12-20/h1-6,9-12,18,21-23H,7-8,13-17H2/t21-,23-/m0/s1. The summed E-state index contributed by atoms with van der Waals surface area (Å²) < 4.78 is 0. The van der Waals surface area contributed by atoms with Gasteiger partial charge in [-0.1, -0.05) is 60.7 Å². The summed E-state index contributed by atoms with van der Waals surface area (Å²) in [5.74, 6) is -0.109. The fraction of sp³-hybridized carbons (Fsp3) is 0.400. The third-order valence-corrected chi connectivity index (χ3v) is 6.38. The van der Waals surface area contributed by atoms with Gasteiger partial charge < -0.3 is 14.6 Å². The summed E-state index contributed by atoms with van der Waals surface area (Å²) in [6.07, 6.45) is 4.26. The van der Waals surface area contributed by atoms with Gasteiger partial charge in [-0.2, -0.15) is 0 Å². The molecule has 2 atom stereocenters. The third-order valence-electron chi connectivity index (χ3n) is 6.38. The minimum atomic E-state index is -0.440. The van der Waals surface area contributed by atoms with Crippen molar-refractivity contribution in [3.05, 3.63) is 71.8 Å². The zero-order valence-electron chi connectivity index (χ0n) is 17.2. The SMILES string of the molecule is O=C[C@@H]1CCCN1C(=O)[C@@H]1CCCN1C(=O)CC(c1ccccc1)c1ccccc1. The highest BCUT2D eigenvalue weighted by atomic mass is 16.2. The minimum absolute atomic E-state index is 0.00501. The van der Waals surface area contributed by atoms with Gasteiger partial charge in [0.25, 0.3) is 0 Å². The Morgan fingerprint density at radius 2 is 1.43 bits per heavy atom. The number of hydrogen-bond donors (Lipinski definition) is 0. The average Bonchev–Trinajstić information content (AvgIpc) is 3.47. The van der Waals surface area contributed by atoms with Gasteiger partial charge in [0.15, 0.2) is 0 Å². The molecule has 0 aromatic heterocycles. The number of hydrogen-bond acceptors (Lipinski definition) is 3. The molecule has 2 saturated heterocycles. The lowest BCUT2D eigenvalue weighted by Gasteiger charge is -2.30. The molecular weight excluding hydrogens is 376 g/mol. The van der Waals surface area contributed by atoms with Crippen LogP contribution in [0.1, 0.15) is 49.1 Å². The zero-order valence-corrected chi connectivity index (χ0v) is 17.2. The van der Waals surface area contributed by atoms with Crippen LogP contribution in [-0.4, -0.2) is 53.1 Å². The smallest absolute Gasteiger partial charge is 0.245 e. The van der Waals surface area contributed by atoms with Gasteiger partial charge in [0.2, 0.25) is 11.8 Å². The van der Waals surface area contributed by atoms with Crippen molar-refractivity contribution in [2.75, 3.05) is 13.1 Å². The van der Waals surface area contributed by atoms with Crippen molar-refractivity contribution in [2.45, 2.75) is 50.1 Å². The molecule has 2 fully saturated rings. The Morgan fingerprint density at radius 3 is 2.03 bits per heavy atom. The van der Waals surface area contributed by atoms with Crippen molar-refractivity contribution in [1.82, 2.24) is 9.80 Å². The number of aldehydes is 1. The third kappa shape index (κ3) is 4.16. The van der Waals surface area contributed by atoms with Crippen LogP contribution in [0.25, 0.3) is 0 Å². The molecule has 0 aliphatic carbocycles. The van der Waals surface area contributed by atoms with Gasteiger partial charge in [0.05, 0.1) is 6.04 Å². The van der Waals surface area contributed by atoms with Crippen LogP contribution < -0.4 is 0 Å². The van der Waals surface area contributed by atoms with Gasteiger partial charge in [-0.05, 0) is 36.8 Å². The largest absolute Gasteiger partial charge is 0.331 e. The van der Waals surface area contributed by atoms with E-state index in [4.69, 9.17) is 0 Å². The monoisotopic (exact) mass is 404 g/mol. The molecule has 0 spiro atoms. The van der Waals surface area contributed by atoms with E-state index in [9.17, 15) is 14.4 Å². The van der Waals surface area contributed by atoms with Gasteiger partial charge >= 0.3 is 0 Å². The van der Waals surface area contributed by atoms with Gasteiger partial charge in [-0.15, -0.1) is 0 Å². The van der Waals surface area contributed by atoms with Crippen LogP contribution in [-0.2, 0) is 14.4 Å². The maximum Gasteiger partial charge on any atom is 0.245 e. The van der Waals surface area contributed by atoms with Crippen LogP contribution in [0.3, 0.4) is 0 Å². The van der Waals surface area contributed by atoms with Crippen LogP contribution in [0, 0.1) is 0 Å². The van der Waals surface area contributed by atoms with Gasteiger partial charge in [0.1, 0.15) is 12.3 Å². The van der Waals surface area contributed by atoms with Gasteiger partial charge in [-0.25, -0.2) is 0 Å². The molecule has 4 rings (SSSR count). The number of benzene rings is 2. The molecule has 156 valence electrons. The Labute approximate surface area is 177 Å². The topological polar surface area (TPSA) is 57.7 Å². The first-order valence-corrected chi connectivity index (χ1v) is 10.8. The van der Waals surface area contributed by atoms with Gasteiger partial charge in [-0.3, -0.25) is 9.59 Å². The molecular formula is C25H28N2O3. The molecule has 2 aromatic rings. The summed E-state index contributed by atoms with van der Waals surface area (Å²) in [6, 6.07) is 19.3. The fourth-order valence-electron chi connectivity index (χ4n) is 4.81. The molecule has 2 aliphatic rings. The second kappa shape index (κ2) is 9.24. The molecule has 0 saturated carbocycles. The van der Waals surface area contributed by atoms with Crippen LogP contribution >= 0.6 is 0 Å². The van der Waals surface area contributed by atoms with Crippen molar-refractivity contribution in [1.29, 1.82) is 0 Å². The lowest BCUT2D eigenvalue weighted by molar-refractivity contribution is -0.145. The molecule has 30 heavy (non-hydrogen) atoms. The van der Waals surface area contributed by atoms with Crippen LogP contribution in [0.5, 0.6) is 0 Å². The highest BCUT2D eigenvalue weighted by Gasteiger charge is 2.40. The maximum absolute atomic E-state index is 13.4. The summed E-state index contributed by atoms with van der Waals surface area (Å²) in [4.78, 5) is 41.3. The van der Waals surface area contributed by atoms with Crippen LogP contribution in [0.15, 0.2) is 60.7 Å². The fourth-order valence-corrected chi connectivity index (χ4v) is 4.81. The van der Waals surface area contributed by atoms with E-state index in [1.165, 1.54) is 0 Å². The molecule has 5 heteroatoms. The summed E-state index contributed by atoms with van der Waals surface area (Å²) in [5.41, 5.74) is 2.19. The first-order chi connectivity index (χ1) is 14.7. The predicted octanol–water partition coefficient (Wildman–Crippen LogP) is 3.39. The lowest BCUT2D eigenvalue weighted by Crippen LogP contribution is -2.49. The molecule has 2 heterocycles. The molecule has 0 unspecified atom stereocenters. The van der Waals surface area contributed by atoms with E-state index >= 15 is 0 Å². The number of amides is 2. The molecule has 0 radical (unpaired) electrons. The summed E-state index contributed by atoms with van der Waals surface area (Å²) in [6.45, 7) is 1.21. The first kappa shape index (κ1) is 20.3. The molecule has 2 aromatic carbocycles. The maximum atomic E-state index is 13.4. The Morgan fingerprint density at radius 1 is 0.867 bits per heavy atom. The van der Waals surface area contributed by atoms with Crippen LogP contribution in [0.2, 0.25) is 0 Å². The molecule has 2 aliphatic heterocycles. The average molecular weight is 405 g/mol. The highest BCUT2D eigenvalue weighted by Crippen LogP contribution is 2.31. The summed E-state index contributed by atoms with van der Waals surface area (Å²) in [5, 5.41) is 0. The van der Waals surface area contributed by atoms with Crippen molar-refractivity contribution in [3.63, 3.8) is 0 Å². The van der Waals surface area contributed by atoms with Crippen molar-refractivity contribution in [2.24, 2.45) is 0 Å². The van der Waals surface area contributed by atoms with E-state index in [1.807, 2.05) is 36.4 Å². The van der Waals surface area contributed by atoms with Crippen molar-refractivity contribution in [3.8, 4) is 0 Å². The lowest BCUT2D eigenvalue weighted by atomic mass is 9.88. The molecule has 5 nitrogen and oxygen atoms in total. The van der Waals surface area contributed by atoms with Gasteiger partial charge in [0, 0.05) is 25.4 Å². The Kier molecular flexibility index (Phi) is 6.26. The predicted molar refractivity (Wildman–Crippen MR) is 115 cm³/mol. The Balaban J connectivity index is 1.53. The Hall–Kier alpha value is -2.95.